The molecule has 6 heteroatoms. The lowest BCUT2D eigenvalue weighted by Crippen LogP contribution is -2.60. The van der Waals surface area contributed by atoms with E-state index in [1.807, 2.05) is 0 Å². The van der Waals surface area contributed by atoms with Gasteiger partial charge in [-0.05, 0) is 6.92 Å². The summed E-state index contributed by atoms with van der Waals surface area (Å²) in [6.07, 6.45) is -8.18. The standard InChI is InChI=1S/C7H14O6/c1-2(8)6-4(10)3(9)5(11)7(12)13-6/h2-12H,1H3/t2?,3?,4-,5?,6?,7-/m1/s1. The molecule has 0 spiro atoms. The second-order valence-corrected chi connectivity index (χ2v) is 3.20. The first kappa shape index (κ1) is 10.8. The van der Waals surface area contributed by atoms with Crippen molar-refractivity contribution >= 4 is 0 Å². The zero-order chi connectivity index (χ0) is 10.2. The van der Waals surface area contributed by atoms with Crippen molar-refractivity contribution in [3.8, 4) is 0 Å². The zero-order valence-corrected chi connectivity index (χ0v) is 7.11. The van der Waals surface area contributed by atoms with E-state index >= 15 is 0 Å². The lowest BCUT2D eigenvalue weighted by Gasteiger charge is -2.39. The Morgan fingerprint density at radius 3 is 2.00 bits per heavy atom. The highest BCUT2D eigenvalue weighted by Crippen LogP contribution is 2.21. The average molecular weight is 194 g/mol. The molecule has 1 aliphatic heterocycles. The van der Waals surface area contributed by atoms with Crippen LogP contribution in [0.5, 0.6) is 0 Å². The topological polar surface area (TPSA) is 110 Å². The van der Waals surface area contributed by atoms with Crippen LogP contribution in [-0.2, 0) is 4.74 Å². The normalized spacial score (nSPS) is 48.9. The minimum absolute atomic E-state index is 1.04. The van der Waals surface area contributed by atoms with E-state index in [0.29, 0.717) is 0 Å². The van der Waals surface area contributed by atoms with E-state index in [4.69, 9.17) is 15.3 Å². The third kappa shape index (κ3) is 1.98. The van der Waals surface area contributed by atoms with Gasteiger partial charge >= 0.3 is 0 Å². The Labute approximate surface area is 75.0 Å². The van der Waals surface area contributed by atoms with E-state index in [2.05, 4.69) is 4.74 Å². The second-order valence-electron chi connectivity index (χ2n) is 3.20. The summed E-state index contributed by atoms with van der Waals surface area (Å²) in [4.78, 5) is 0. The van der Waals surface area contributed by atoms with Gasteiger partial charge in [0.2, 0.25) is 0 Å². The van der Waals surface area contributed by atoms with Crippen LogP contribution in [-0.4, -0.2) is 62.3 Å². The summed E-state index contributed by atoms with van der Waals surface area (Å²) in [6, 6.07) is 0. The first-order valence-corrected chi connectivity index (χ1v) is 4.01. The van der Waals surface area contributed by atoms with E-state index in [0.717, 1.165) is 0 Å². The van der Waals surface area contributed by atoms with Crippen LogP contribution in [0.4, 0.5) is 0 Å². The molecule has 0 saturated carbocycles. The summed E-state index contributed by atoms with van der Waals surface area (Å²) in [6.45, 7) is 1.35. The summed E-state index contributed by atoms with van der Waals surface area (Å²) in [7, 11) is 0. The molecule has 1 rings (SSSR count). The molecule has 13 heavy (non-hydrogen) atoms. The van der Waals surface area contributed by atoms with E-state index in [-0.39, 0.29) is 0 Å². The molecule has 6 atom stereocenters. The third-order valence-electron chi connectivity index (χ3n) is 2.10. The van der Waals surface area contributed by atoms with Crippen molar-refractivity contribution in [3.05, 3.63) is 0 Å². The van der Waals surface area contributed by atoms with Crippen LogP contribution in [0, 0.1) is 0 Å². The van der Waals surface area contributed by atoms with Crippen molar-refractivity contribution in [2.24, 2.45) is 0 Å². The van der Waals surface area contributed by atoms with Crippen LogP contribution in [0.2, 0.25) is 0 Å². The maximum Gasteiger partial charge on any atom is 0.184 e. The Morgan fingerprint density at radius 1 is 1.00 bits per heavy atom. The first-order chi connectivity index (χ1) is 5.95. The molecule has 5 N–H and O–H groups in total. The number of ether oxygens (including phenoxy) is 1. The first-order valence-electron chi connectivity index (χ1n) is 4.01. The molecule has 1 fully saturated rings. The molecular weight excluding hydrogens is 180 g/mol. The van der Waals surface area contributed by atoms with E-state index in [1.165, 1.54) is 6.92 Å². The molecule has 0 aliphatic carbocycles. The second kappa shape index (κ2) is 3.87. The number of hydrogen-bond acceptors (Lipinski definition) is 6. The third-order valence-corrected chi connectivity index (χ3v) is 2.10. The fourth-order valence-electron chi connectivity index (χ4n) is 1.29. The number of aliphatic hydroxyl groups excluding tert-OH is 5. The Morgan fingerprint density at radius 2 is 1.54 bits per heavy atom. The van der Waals surface area contributed by atoms with Gasteiger partial charge in [0, 0.05) is 0 Å². The molecule has 1 saturated heterocycles. The Balaban J connectivity index is 2.70. The van der Waals surface area contributed by atoms with Gasteiger partial charge in [-0.2, -0.15) is 0 Å². The summed E-state index contributed by atoms with van der Waals surface area (Å²) in [5.74, 6) is 0. The fourth-order valence-corrected chi connectivity index (χ4v) is 1.29. The van der Waals surface area contributed by atoms with Gasteiger partial charge in [-0.3, -0.25) is 0 Å². The Bertz CT molecular complexity index is 172. The monoisotopic (exact) mass is 194 g/mol. The van der Waals surface area contributed by atoms with Gasteiger partial charge in [0.25, 0.3) is 0 Å². The predicted octanol–water partition coefficient (Wildman–Crippen LogP) is -2.83. The Hall–Kier alpha value is -0.240. The minimum Gasteiger partial charge on any atom is -0.391 e. The summed E-state index contributed by atoms with van der Waals surface area (Å²) in [5, 5.41) is 45.6. The lowest BCUT2D eigenvalue weighted by molar-refractivity contribution is -0.295. The van der Waals surface area contributed by atoms with Crippen LogP contribution in [0.3, 0.4) is 0 Å². The van der Waals surface area contributed by atoms with Crippen LogP contribution < -0.4 is 0 Å². The number of hydrogen-bond donors (Lipinski definition) is 5. The van der Waals surface area contributed by atoms with Gasteiger partial charge in [-0.25, -0.2) is 0 Å². The highest BCUT2D eigenvalue weighted by atomic mass is 16.6. The van der Waals surface area contributed by atoms with Crippen LogP contribution in [0.1, 0.15) is 6.92 Å². The van der Waals surface area contributed by atoms with Crippen molar-refractivity contribution in [1.82, 2.24) is 0 Å². The number of rotatable bonds is 1. The van der Waals surface area contributed by atoms with Crippen LogP contribution in [0.15, 0.2) is 0 Å². The molecule has 0 aromatic carbocycles. The highest BCUT2D eigenvalue weighted by Gasteiger charge is 2.44. The van der Waals surface area contributed by atoms with Crippen molar-refractivity contribution in [3.63, 3.8) is 0 Å². The molecule has 6 nitrogen and oxygen atoms in total. The SMILES string of the molecule is CC(O)C1O[C@@H](O)C(O)C(O)[C@H]1O. The summed E-state index contributed by atoms with van der Waals surface area (Å²) < 4.78 is 4.69. The summed E-state index contributed by atoms with van der Waals surface area (Å²) >= 11 is 0. The van der Waals surface area contributed by atoms with Gasteiger partial charge in [0.15, 0.2) is 6.29 Å². The van der Waals surface area contributed by atoms with Gasteiger partial charge in [0.1, 0.15) is 24.4 Å². The largest absolute Gasteiger partial charge is 0.391 e. The smallest absolute Gasteiger partial charge is 0.184 e. The van der Waals surface area contributed by atoms with Crippen molar-refractivity contribution in [2.75, 3.05) is 0 Å². The van der Waals surface area contributed by atoms with Gasteiger partial charge in [0.05, 0.1) is 6.10 Å². The highest BCUT2D eigenvalue weighted by molar-refractivity contribution is 4.90. The average Bonchev–Trinajstić information content (AvgIpc) is 2.07. The molecule has 0 aromatic rings. The Kier molecular flexibility index (Phi) is 3.23. The van der Waals surface area contributed by atoms with Crippen LogP contribution in [0.25, 0.3) is 0 Å². The van der Waals surface area contributed by atoms with E-state index in [1.54, 1.807) is 0 Å². The van der Waals surface area contributed by atoms with Gasteiger partial charge < -0.3 is 30.3 Å². The molecule has 1 aliphatic rings. The molecule has 0 bridgehead atoms. The molecule has 4 unspecified atom stereocenters. The fraction of sp³-hybridized carbons (Fsp3) is 1.00. The molecule has 0 radical (unpaired) electrons. The number of aliphatic hydroxyl groups is 5. The van der Waals surface area contributed by atoms with Crippen molar-refractivity contribution < 1.29 is 30.3 Å². The molecule has 78 valence electrons. The summed E-state index contributed by atoms with van der Waals surface area (Å²) in [5.41, 5.74) is 0. The predicted molar refractivity (Wildman–Crippen MR) is 40.6 cm³/mol. The molecular formula is C7H14O6. The molecule has 0 amide bonds. The van der Waals surface area contributed by atoms with Gasteiger partial charge in [-0.15, -0.1) is 0 Å². The van der Waals surface area contributed by atoms with E-state index in [9.17, 15) is 10.2 Å². The molecule has 1 heterocycles. The zero-order valence-electron chi connectivity index (χ0n) is 7.11. The molecule has 0 aromatic heterocycles. The quantitative estimate of drug-likeness (QED) is 0.308. The van der Waals surface area contributed by atoms with Gasteiger partial charge in [-0.1, -0.05) is 0 Å². The maximum absolute atomic E-state index is 9.29. The van der Waals surface area contributed by atoms with Crippen molar-refractivity contribution in [1.29, 1.82) is 0 Å². The van der Waals surface area contributed by atoms with E-state index < -0.39 is 36.8 Å². The van der Waals surface area contributed by atoms with Crippen molar-refractivity contribution in [2.45, 2.75) is 43.7 Å². The minimum atomic E-state index is -1.59. The van der Waals surface area contributed by atoms with Crippen LogP contribution >= 0.6 is 0 Å². The maximum atomic E-state index is 9.29. The lowest BCUT2D eigenvalue weighted by atomic mass is 9.96.